The number of nitrogens with one attached hydrogen (secondary N) is 2. The van der Waals surface area contributed by atoms with Crippen molar-refractivity contribution in [3.05, 3.63) is 53.1 Å². The smallest absolute Gasteiger partial charge is 0.319 e. The highest BCUT2D eigenvalue weighted by Gasteiger charge is 2.15. The number of methoxy groups -OCH3 is 2. The van der Waals surface area contributed by atoms with E-state index in [1.165, 1.54) is 0 Å². The molecular weight excluding hydrogens is 316 g/mol. The van der Waals surface area contributed by atoms with Crippen LogP contribution in [0.25, 0.3) is 0 Å². The lowest BCUT2D eigenvalue weighted by atomic mass is 10.1. The summed E-state index contributed by atoms with van der Waals surface area (Å²) in [4.78, 5) is 12.1. The molecule has 2 rings (SSSR count). The molecule has 0 heterocycles. The molecule has 0 spiro atoms. The molecule has 0 fully saturated rings. The molecule has 2 aromatic rings. The summed E-state index contributed by atoms with van der Waals surface area (Å²) in [6.45, 7) is 1.87. The van der Waals surface area contributed by atoms with Gasteiger partial charge in [0.15, 0.2) is 0 Å². The van der Waals surface area contributed by atoms with Crippen LogP contribution in [0.1, 0.15) is 18.5 Å². The Morgan fingerprint density at radius 1 is 1.13 bits per heavy atom. The first-order valence-electron chi connectivity index (χ1n) is 7.08. The number of anilines is 1. The van der Waals surface area contributed by atoms with Crippen LogP contribution in [0.5, 0.6) is 11.5 Å². The number of hydrogen-bond donors (Lipinski definition) is 2. The lowest BCUT2D eigenvalue weighted by molar-refractivity contribution is 0.249. The average Bonchev–Trinajstić information content (AvgIpc) is 2.54. The molecule has 2 amide bonds. The van der Waals surface area contributed by atoms with Gasteiger partial charge in [-0.15, -0.1) is 0 Å². The number of hydrogen-bond acceptors (Lipinski definition) is 3. The normalized spacial score (nSPS) is 11.5. The topological polar surface area (TPSA) is 59.6 Å². The van der Waals surface area contributed by atoms with Crippen molar-refractivity contribution in [3.63, 3.8) is 0 Å². The number of urea groups is 1. The van der Waals surface area contributed by atoms with Gasteiger partial charge in [-0.25, -0.2) is 4.79 Å². The van der Waals surface area contributed by atoms with Gasteiger partial charge in [-0.1, -0.05) is 17.7 Å². The molecule has 23 heavy (non-hydrogen) atoms. The van der Waals surface area contributed by atoms with Crippen molar-refractivity contribution in [1.82, 2.24) is 5.32 Å². The Bertz CT molecular complexity index is 691. The zero-order chi connectivity index (χ0) is 16.8. The van der Waals surface area contributed by atoms with Gasteiger partial charge < -0.3 is 20.1 Å². The minimum atomic E-state index is -0.329. The van der Waals surface area contributed by atoms with E-state index < -0.39 is 0 Å². The fourth-order valence-corrected chi connectivity index (χ4v) is 2.38. The number of halogens is 1. The minimum absolute atomic E-state index is 0.265. The monoisotopic (exact) mass is 334 g/mol. The summed E-state index contributed by atoms with van der Waals surface area (Å²) in [5.41, 5.74) is 1.45. The lowest BCUT2D eigenvalue weighted by Crippen LogP contribution is -2.31. The van der Waals surface area contributed by atoms with Gasteiger partial charge in [-0.3, -0.25) is 0 Å². The van der Waals surface area contributed by atoms with Crippen LogP contribution in [0.3, 0.4) is 0 Å². The molecule has 5 nitrogen and oxygen atoms in total. The first-order valence-corrected chi connectivity index (χ1v) is 7.46. The zero-order valence-corrected chi connectivity index (χ0v) is 14.0. The van der Waals surface area contributed by atoms with Gasteiger partial charge in [0.2, 0.25) is 0 Å². The molecular formula is C17H19ClN2O3. The predicted molar refractivity (Wildman–Crippen MR) is 91.6 cm³/mol. The second-order valence-corrected chi connectivity index (χ2v) is 5.37. The van der Waals surface area contributed by atoms with Crippen molar-refractivity contribution < 1.29 is 14.3 Å². The summed E-state index contributed by atoms with van der Waals surface area (Å²) in [6, 6.07) is 11.8. The number of carbonyl (C=O) groups is 1. The van der Waals surface area contributed by atoms with Crippen LogP contribution in [0.2, 0.25) is 5.02 Å². The third kappa shape index (κ3) is 4.53. The Balaban J connectivity index is 2.09. The number of ether oxygens (including phenoxy) is 2. The summed E-state index contributed by atoms with van der Waals surface area (Å²) >= 11 is 5.90. The van der Waals surface area contributed by atoms with E-state index in [0.717, 1.165) is 5.56 Å². The summed E-state index contributed by atoms with van der Waals surface area (Å²) < 4.78 is 10.6. The molecule has 6 heteroatoms. The Morgan fingerprint density at radius 3 is 2.57 bits per heavy atom. The maximum Gasteiger partial charge on any atom is 0.319 e. The van der Waals surface area contributed by atoms with Crippen LogP contribution in [0, 0.1) is 0 Å². The van der Waals surface area contributed by atoms with Crippen molar-refractivity contribution >= 4 is 23.3 Å². The molecule has 0 aliphatic carbocycles. The molecule has 0 saturated heterocycles. The third-order valence-corrected chi connectivity index (χ3v) is 3.57. The second kappa shape index (κ2) is 7.74. The Hall–Kier alpha value is -2.40. The van der Waals surface area contributed by atoms with Crippen LogP contribution in [0.15, 0.2) is 42.5 Å². The number of benzene rings is 2. The summed E-state index contributed by atoms with van der Waals surface area (Å²) in [5, 5.41) is 6.16. The van der Waals surface area contributed by atoms with E-state index in [1.807, 2.05) is 13.0 Å². The van der Waals surface area contributed by atoms with E-state index in [9.17, 15) is 4.79 Å². The van der Waals surface area contributed by atoms with E-state index in [1.54, 1.807) is 50.6 Å². The van der Waals surface area contributed by atoms with E-state index in [2.05, 4.69) is 10.6 Å². The van der Waals surface area contributed by atoms with Gasteiger partial charge in [0.05, 0.1) is 20.3 Å². The van der Waals surface area contributed by atoms with Crippen LogP contribution < -0.4 is 20.1 Å². The predicted octanol–water partition coefficient (Wildman–Crippen LogP) is 4.24. The summed E-state index contributed by atoms with van der Waals surface area (Å²) in [6.07, 6.45) is 0. The first-order chi connectivity index (χ1) is 11.0. The highest BCUT2D eigenvalue weighted by Crippen LogP contribution is 2.29. The first kappa shape index (κ1) is 17.0. The zero-order valence-electron chi connectivity index (χ0n) is 13.2. The molecule has 0 radical (unpaired) electrons. The van der Waals surface area contributed by atoms with Crippen molar-refractivity contribution in [2.45, 2.75) is 13.0 Å². The van der Waals surface area contributed by atoms with Gasteiger partial charge in [-0.05, 0) is 43.3 Å². The fourth-order valence-electron chi connectivity index (χ4n) is 2.19. The largest absolute Gasteiger partial charge is 0.497 e. The molecule has 0 saturated carbocycles. The van der Waals surface area contributed by atoms with Gasteiger partial charge >= 0.3 is 6.03 Å². The fraction of sp³-hybridized carbons (Fsp3) is 0.235. The lowest BCUT2D eigenvalue weighted by Gasteiger charge is -2.18. The molecule has 2 aromatic carbocycles. The highest BCUT2D eigenvalue weighted by molar-refractivity contribution is 6.30. The Labute approximate surface area is 140 Å². The SMILES string of the molecule is COc1ccc(OC)c(C(C)NC(=O)Nc2cccc(Cl)c2)c1. The maximum absolute atomic E-state index is 12.1. The van der Waals surface area contributed by atoms with Crippen molar-refractivity contribution in [1.29, 1.82) is 0 Å². The molecule has 1 atom stereocenters. The Morgan fingerprint density at radius 2 is 1.91 bits per heavy atom. The number of carbonyl (C=O) groups excluding carboxylic acids is 1. The molecule has 1 unspecified atom stereocenters. The maximum atomic E-state index is 12.1. The standard InChI is InChI=1S/C17H19ClN2O3/c1-11(15-10-14(22-2)7-8-16(15)23-3)19-17(21)20-13-6-4-5-12(18)9-13/h4-11H,1-3H3,(H2,19,20,21). The van der Waals surface area contributed by atoms with Crippen LogP contribution in [-0.2, 0) is 0 Å². The van der Waals surface area contributed by atoms with Crippen LogP contribution in [0.4, 0.5) is 10.5 Å². The summed E-state index contributed by atoms with van der Waals surface area (Å²) in [5.74, 6) is 1.38. The van der Waals surface area contributed by atoms with Crippen molar-refractivity contribution in [2.24, 2.45) is 0 Å². The molecule has 122 valence electrons. The van der Waals surface area contributed by atoms with Crippen LogP contribution >= 0.6 is 11.6 Å². The molecule has 0 aliphatic rings. The van der Waals surface area contributed by atoms with Crippen molar-refractivity contribution in [2.75, 3.05) is 19.5 Å². The van der Waals surface area contributed by atoms with Crippen molar-refractivity contribution in [3.8, 4) is 11.5 Å². The minimum Gasteiger partial charge on any atom is -0.497 e. The molecule has 0 aromatic heterocycles. The molecule has 0 bridgehead atoms. The summed E-state index contributed by atoms with van der Waals surface area (Å²) in [7, 11) is 3.18. The molecule has 0 aliphatic heterocycles. The van der Waals surface area contributed by atoms with Gasteiger partial charge in [-0.2, -0.15) is 0 Å². The van der Waals surface area contributed by atoms with E-state index >= 15 is 0 Å². The number of rotatable bonds is 5. The second-order valence-electron chi connectivity index (χ2n) is 4.94. The Kier molecular flexibility index (Phi) is 5.71. The molecule has 2 N–H and O–H groups in total. The van der Waals surface area contributed by atoms with E-state index in [4.69, 9.17) is 21.1 Å². The van der Waals surface area contributed by atoms with Gasteiger partial charge in [0, 0.05) is 16.3 Å². The van der Waals surface area contributed by atoms with E-state index in [0.29, 0.717) is 22.2 Å². The average molecular weight is 335 g/mol. The third-order valence-electron chi connectivity index (χ3n) is 3.33. The highest BCUT2D eigenvalue weighted by atomic mass is 35.5. The van der Waals surface area contributed by atoms with Crippen LogP contribution in [-0.4, -0.2) is 20.3 Å². The quantitative estimate of drug-likeness (QED) is 0.859. The van der Waals surface area contributed by atoms with Gasteiger partial charge in [0.1, 0.15) is 11.5 Å². The number of amides is 2. The van der Waals surface area contributed by atoms with Gasteiger partial charge in [0.25, 0.3) is 0 Å². The van der Waals surface area contributed by atoms with E-state index in [-0.39, 0.29) is 12.1 Å².